The number of nitrogens with one attached hydrogen (secondary N) is 1. The zero-order valence-corrected chi connectivity index (χ0v) is 10.4. The first kappa shape index (κ1) is 11.7. The van der Waals surface area contributed by atoms with E-state index >= 15 is 0 Å². The van der Waals surface area contributed by atoms with Crippen molar-refractivity contribution in [2.75, 3.05) is 33.7 Å². The normalized spacial score (nSPS) is 25.2. The van der Waals surface area contributed by atoms with Gasteiger partial charge >= 0.3 is 6.03 Å². The Morgan fingerprint density at radius 2 is 2.06 bits per heavy atom. The molecule has 1 saturated carbocycles. The van der Waals surface area contributed by atoms with Gasteiger partial charge in [-0.2, -0.15) is 0 Å². The molecule has 0 aromatic carbocycles. The number of piperidine rings is 1. The Morgan fingerprint density at radius 3 is 2.56 bits per heavy atom. The monoisotopic (exact) mass is 225 g/mol. The summed E-state index contributed by atoms with van der Waals surface area (Å²) in [6.07, 6.45) is 4.90. The topological polar surface area (TPSA) is 35.6 Å². The smallest absolute Gasteiger partial charge is 0.319 e. The van der Waals surface area contributed by atoms with Crippen LogP contribution in [0.2, 0.25) is 0 Å². The molecule has 1 unspecified atom stereocenters. The minimum absolute atomic E-state index is 0.188. The van der Waals surface area contributed by atoms with Crippen LogP contribution in [-0.2, 0) is 0 Å². The van der Waals surface area contributed by atoms with Crippen LogP contribution in [0.1, 0.15) is 25.7 Å². The molecule has 2 amide bonds. The van der Waals surface area contributed by atoms with Gasteiger partial charge in [0.05, 0.1) is 0 Å². The Bertz CT molecular complexity index is 245. The summed E-state index contributed by atoms with van der Waals surface area (Å²) in [5, 5.41) is 3.42. The highest BCUT2D eigenvalue weighted by Crippen LogP contribution is 2.29. The number of rotatable bonds is 3. The Balaban J connectivity index is 1.89. The van der Waals surface area contributed by atoms with Crippen molar-refractivity contribution < 1.29 is 4.79 Å². The molecule has 1 N–H and O–H groups in total. The zero-order chi connectivity index (χ0) is 11.5. The molecule has 0 aromatic rings. The fourth-order valence-corrected chi connectivity index (χ4v) is 2.38. The van der Waals surface area contributed by atoms with E-state index in [1.165, 1.54) is 25.7 Å². The number of carbonyl (C=O) groups excluding carboxylic acids is 1. The number of amides is 2. The highest BCUT2D eigenvalue weighted by Gasteiger charge is 2.34. The summed E-state index contributed by atoms with van der Waals surface area (Å²) in [6.45, 7) is 3.15. The van der Waals surface area contributed by atoms with Crippen molar-refractivity contribution in [1.29, 1.82) is 0 Å². The van der Waals surface area contributed by atoms with Crippen molar-refractivity contribution in [2.24, 2.45) is 5.92 Å². The maximum absolute atomic E-state index is 12.0. The van der Waals surface area contributed by atoms with Crippen molar-refractivity contribution in [3.05, 3.63) is 0 Å². The maximum Gasteiger partial charge on any atom is 0.319 e. The second-order valence-corrected chi connectivity index (χ2v) is 5.27. The van der Waals surface area contributed by atoms with Gasteiger partial charge in [0.25, 0.3) is 0 Å². The van der Waals surface area contributed by atoms with E-state index in [1.807, 2.05) is 14.1 Å². The standard InChI is InChI=1S/C12H23N3O/c1-14(2)12(16)15(11-5-6-11)9-10-4-3-7-13-8-10/h10-11,13H,3-9H2,1-2H3. The Kier molecular flexibility index (Phi) is 3.69. The van der Waals surface area contributed by atoms with Crippen LogP contribution in [0.15, 0.2) is 0 Å². The molecule has 4 heteroatoms. The molecule has 2 aliphatic rings. The van der Waals surface area contributed by atoms with E-state index in [1.54, 1.807) is 4.90 Å². The van der Waals surface area contributed by atoms with Crippen molar-refractivity contribution in [3.8, 4) is 0 Å². The highest BCUT2D eigenvalue weighted by atomic mass is 16.2. The third-order valence-corrected chi connectivity index (χ3v) is 3.47. The lowest BCUT2D eigenvalue weighted by Gasteiger charge is -2.32. The van der Waals surface area contributed by atoms with Crippen LogP contribution in [0.25, 0.3) is 0 Å². The third-order valence-electron chi connectivity index (χ3n) is 3.47. The molecule has 1 aliphatic carbocycles. The number of carbonyl (C=O) groups is 1. The first-order chi connectivity index (χ1) is 7.68. The fourth-order valence-electron chi connectivity index (χ4n) is 2.38. The molecule has 1 saturated heterocycles. The largest absolute Gasteiger partial charge is 0.331 e. The van der Waals surface area contributed by atoms with Gasteiger partial charge < -0.3 is 15.1 Å². The lowest BCUT2D eigenvalue weighted by molar-refractivity contribution is 0.153. The Hall–Kier alpha value is -0.770. The second-order valence-electron chi connectivity index (χ2n) is 5.27. The number of hydrogen-bond acceptors (Lipinski definition) is 2. The van der Waals surface area contributed by atoms with Crippen LogP contribution in [-0.4, -0.2) is 55.6 Å². The number of urea groups is 1. The van der Waals surface area contributed by atoms with Crippen molar-refractivity contribution in [2.45, 2.75) is 31.7 Å². The first-order valence-corrected chi connectivity index (χ1v) is 6.37. The molecular weight excluding hydrogens is 202 g/mol. The van der Waals surface area contributed by atoms with Crippen molar-refractivity contribution in [1.82, 2.24) is 15.1 Å². The average molecular weight is 225 g/mol. The third kappa shape index (κ3) is 2.88. The molecule has 1 heterocycles. The van der Waals surface area contributed by atoms with E-state index in [-0.39, 0.29) is 6.03 Å². The molecular formula is C12H23N3O. The summed E-state index contributed by atoms with van der Waals surface area (Å²) in [5.41, 5.74) is 0. The van der Waals surface area contributed by atoms with Crippen LogP contribution in [0.4, 0.5) is 4.79 Å². The van der Waals surface area contributed by atoms with Gasteiger partial charge in [-0.25, -0.2) is 4.79 Å². The SMILES string of the molecule is CN(C)C(=O)N(CC1CCCNC1)C1CC1. The van der Waals surface area contributed by atoms with Gasteiger partial charge in [0, 0.05) is 26.7 Å². The first-order valence-electron chi connectivity index (χ1n) is 6.37. The van der Waals surface area contributed by atoms with Crippen LogP contribution in [0.3, 0.4) is 0 Å². The summed E-state index contributed by atoms with van der Waals surface area (Å²) < 4.78 is 0. The fraction of sp³-hybridized carbons (Fsp3) is 0.917. The van der Waals surface area contributed by atoms with Crippen LogP contribution >= 0.6 is 0 Å². The molecule has 16 heavy (non-hydrogen) atoms. The Labute approximate surface area is 98.0 Å². The van der Waals surface area contributed by atoms with Gasteiger partial charge in [-0.3, -0.25) is 0 Å². The second kappa shape index (κ2) is 5.04. The highest BCUT2D eigenvalue weighted by molar-refractivity contribution is 5.74. The minimum Gasteiger partial charge on any atom is -0.331 e. The summed E-state index contributed by atoms with van der Waals surface area (Å²) in [4.78, 5) is 15.8. The molecule has 0 spiro atoms. The molecule has 2 fully saturated rings. The van der Waals surface area contributed by atoms with Gasteiger partial charge in [-0.05, 0) is 44.7 Å². The van der Waals surface area contributed by atoms with Crippen molar-refractivity contribution in [3.63, 3.8) is 0 Å². The molecule has 0 aromatic heterocycles. The van der Waals surface area contributed by atoms with E-state index in [0.717, 1.165) is 19.6 Å². The molecule has 4 nitrogen and oxygen atoms in total. The van der Waals surface area contributed by atoms with Gasteiger partial charge in [-0.1, -0.05) is 0 Å². The van der Waals surface area contributed by atoms with Crippen LogP contribution in [0.5, 0.6) is 0 Å². The van der Waals surface area contributed by atoms with Crippen LogP contribution in [0, 0.1) is 5.92 Å². The van der Waals surface area contributed by atoms with E-state index in [0.29, 0.717) is 12.0 Å². The number of nitrogens with zero attached hydrogens (tertiary/aromatic N) is 2. The number of hydrogen-bond donors (Lipinski definition) is 1. The molecule has 0 radical (unpaired) electrons. The summed E-state index contributed by atoms with van der Waals surface area (Å²) >= 11 is 0. The van der Waals surface area contributed by atoms with E-state index in [9.17, 15) is 4.79 Å². The minimum atomic E-state index is 0.188. The summed E-state index contributed by atoms with van der Waals surface area (Å²) in [6, 6.07) is 0.713. The summed E-state index contributed by atoms with van der Waals surface area (Å²) in [7, 11) is 3.69. The van der Waals surface area contributed by atoms with Gasteiger partial charge in [-0.15, -0.1) is 0 Å². The molecule has 92 valence electrons. The lowest BCUT2D eigenvalue weighted by atomic mass is 9.99. The van der Waals surface area contributed by atoms with Gasteiger partial charge in [0.2, 0.25) is 0 Å². The van der Waals surface area contributed by atoms with Gasteiger partial charge in [0.1, 0.15) is 0 Å². The Morgan fingerprint density at radius 1 is 1.31 bits per heavy atom. The van der Waals surface area contributed by atoms with E-state index in [2.05, 4.69) is 10.2 Å². The van der Waals surface area contributed by atoms with Gasteiger partial charge in [0.15, 0.2) is 0 Å². The lowest BCUT2D eigenvalue weighted by Crippen LogP contribution is -2.46. The quantitative estimate of drug-likeness (QED) is 0.781. The average Bonchev–Trinajstić information content (AvgIpc) is 3.10. The predicted molar refractivity (Wildman–Crippen MR) is 64.4 cm³/mol. The summed E-state index contributed by atoms with van der Waals surface area (Å²) in [5.74, 6) is 0.651. The van der Waals surface area contributed by atoms with Crippen LogP contribution < -0.4 is 5.32 Å². The molecule has 2 rings (SSSR count). The predicted octanol–water partition coefficient (Wildman–Crippen LogP) is 1.13. The maximum atomic E-state index is 12.0. The molecule has 0 bridgehead atoms. The molecule has 1 atom stereocenters. The van der Waals surface area contributed by atoms with E-state index < -0.39 is 0 Å². The zero-order valence-electron chi connectivity index (χ0n) is 10.4. The van der Waals surface area contributed by atoms with E-state index in [4.69, 9.17) is 0 Å². The molecule has 1 aliphatic heterocycles. The van der Waals surface area contributed by atoms with Crippen molar-refractivity contribution >= 4 is 6.03 Å².